The Kier molecular flexibility index (Phi) is 5.10. The lowest BCUT2D eigenvalue weighted by atomic mass is 10.1. The van der Waals surface area contributed by atoms with Gasteiger partial charge in [0.05, 0.1) is 4.88 Å². The summed E-state index contributed by atoms with van der Waals surface area (Å²) in [6, 6.07) is 3.29. The Hall–Kier alpha value is -1.99. The van der Waals surface area contributed by atoms with Gasteiger partial charge in [0.1, 0.15) is 11.9 Å². The minimum Gasteiger partial charge on any atom is -0.480 e. The average molecular weight is 325 g/mol. The Balaban J connectivity index is 2.25. The molecule has 0 saturated heterocycles. The molecule has 2 aromatic rings. The average Bonchev–Trinajstić information content (AvgIpc) is 2.80. The zero-order valence-corrected chi connectivity index (χ0v) is 13.0. The van der Waals surface area contributed by atoms with Crippen molar-refractivity contribution in [2.45, 2.75) is 19.4 Å². The minimum atomic E-state index is -1.12. The van der Waals surface area contributed by atoms with Gasteiger partial charge >= 0.3 is 5.97 Å². The maximum Gasteiger partial charge on any atom is 0.326 e. The van der Waals surface area contributed by atoms with Gasteiger partial charge in [-0.3, -0.25) is 4.79 Å². The molecule has 1 aromatic heterocycles. The molecule has 0 spiro atoms. The van der Waals surface area contributed by atoms with E-state index in [4.69, 9.17) is 9.84 Å². The predicted molar refractivity (Wildman–Crippen MR) is 81.9 cm³/mol. The van der Waals surface area contributed by atoms with Crippen LogP contribution in [0, 0.1) is 12.7 Å². The number of carboxylic acids is 1. The number of aliphatic carboxylic acids is 1. The van der Waals surface area contributed by atoms with Gasteiger partial charge in [-0.1, -0.05) is 0 Å². The molecular formula is C15H16FNO4S. The van der Waals surface area contributed by atoms with Gasteiger partial charge in [0.2, 0.25) is 0 Å². The molecule has 1 aromatic carbocycles. The maximum atomic E-state index is 13.3. The van der Waals surface area contributed by atoms with Crippen molar-refractivity contribution in [1.29, 1.82) is 0 Å². The van der Waals surface area contributed by atoms with E-state index in [9.17, 15) is 14.0 Å². The smallest absolute Gasteiger partial charge is 0.326 e. The molecule has 5 nitrogen and oxygen atoms in total. The third-order valence-electron chi connectivity index (χ3n) is 3.32. The van der Waals surface area contributed by atoms with Crippen molar-refractivity contribution in [3.63, 3.8) is 0 Å². The lowest BCUT2D eigenvalue weighted by molar-refractivity contribution is -0.139. The van der Waals surface area contributed by atoms with E-state index in [-0.39, 0.29) is 18.8 Å². The van der Waals surface area contributed by atoms with Crippen LogP contribution in [0.1, 0.15) is 21.7 Å². The summed E-state index contributed by atoms with van der Waals surface area (Å²) < 4.78 is 18.9. The predicted octanol–water partition coefficient (Wildman–Crippen LogP) is 2.57. The van der Waals surface area contributed by atoms with Crippen molar-refractivity contribution in [2.24, 2.45) is 0 Å². The zero-order chi connectivity index (χ0) is 16.3. The number of amides is 1. The first kappa shape index (κ1) is 16.4. The van der Waals surface area contributed by atoms with Crippen LogP contribution in [-0.4, -0.2) is 36.7 Å². The van der Waals surface area contributed by atoms with E-state index in [0.717, 1.165) is 4.70 Å². The third-order valence-corrected chi connectivity index (χ3v) is 4.59. The van der Waals surface area contributed by atoms with Crippen LogP contribution < -0.4 is 5.32 Å². The molecule has 0 aliphatic rings. The number of thiophene rings is 1. The SMILES string of the molecule is COCCC(NC(=O)c1sc2ccc(F)cc2c1C)C(=O)O. The van der Waals surface area contributed by atoms with E-state index in [0.29, 0.717) is 15.8 Å². The minimum absolute atomic E-state index is 0.177. The number of hydrogen-bond donors (Lipinski definition) is 2. The largest absolute Gasteiger partial charge is 0.480 e. The second-order valence-electron chi connectivity index (χ2n) is 4.84. The fraction of sp³-hybridized carbons (Fsp3) is 0.333. The molecule has 22 heavy (non-hydrogen) atoms. The molecule has 0 aliphatic carbocycles. The van der Waals surface area contributed by atoms with Gasteiger partial charge in [-0.2, -0.15) is 0 Å². The van der Waals surface area contributed by atoms with Crippen LogP contribution in [-0.2, 0) is 9.53 Å². The van der Waals surface area contributed by atoms with E-state index in [1.165, 1.54) is 30.6 Å². The number of nitrogens with one attached hydrogen (secondary N) is 1. The number of ether oxygens (including phenoxy) is 1. The van der Waals surface area contributed by atoms with Crippen LogP contribution in [0.4, 0.5) is 4.39 Å². The monoisotopic (exact) mass is 325 g/mol. The number of carbonyl (C=O) groups is 2. The summed E-state index contributed by atoms with van der Waals surface area (Å²) in [7, 11) is 1.46. The van der Waals surface area contributed by atoms with Gasteiger partial charge in [0.15, 0.2) is 0 Å². The summed E-state index contributed by atoms with van der Waals surface area (Å²) in [6.07, 6.45) is 0.177. The van der Waals surface area contributed by atoms with E-state index in [2.05, 4.69) is 5.32 Å². The first-order chi connectivity index (χ1) is 10.4. The molecule has 0 fully saturated rings. The molecule has 0 saturated carbocycles. The van der Waals surface area contributed by atoms with Gasteiger partial charge in [0, 0.05) is 24.8 Å². The van der Waals surface area contributed by atoms with Crippen LogP contribution in [0.2, 0.25) is 0 Å². The quantitative estimate of drug-likeness (QED) is 0.856. The first-order valence-corrected chi connectivity index (χ1v) is 7.47. The zero-order valence-electron chi connectivity index (χ0n) is 12.2. The molecular weight excluding hydrogens is 309 g/mol. The summed E-state index contributed by atoms with van der Waals surface area (Å²) in [4.78, 5) is 23.8. The number of methoxy groups -OCH3 is 1. The molecule has 0 aliphatic heterocycles. The first-order valence-electron chi connectivity index (χ1n) is 6.65. The topological polar surface area (TPSA) is 75.6 Å². The number of carboxylic acid groups (broad SMARTS) is 1. The van der Waals surface area contributed by atoms with Crippen LogP contribution >= 0.6 is 11.3 Å². The molecule has 2 N–H and O–H groups in total. The standard InChI is InChI=1S/C15H16FNO4S/c1-8-10-7-9(16)3-4-12(10)22-13(8)14(18)17-11(15(19)20)5-6-21-2/h3-4,7,11H,5-6H2,1-2H3,(H,17,18)(H,19,20). The van der Waals surface area contributed by atoms with Gasteiger partial charge in [-0.25, -0.2) is 9.18 Å². The van der Waals surface area contributed by atoms with Crippen molar-refractivity contribution in [1.82, 2.24) is 5.32 Å². The van der Waals surface area contributed by atoms with Gasteiger partial charge in [-0.15, -0.1) is 11.3 Å². The lowest BCUT2D eigenvalue weighted by Gasteiger charge is -2.13. The molecule has 118 valence electrons. The number of hydrogen-bond acceptors (Lipinski definition) is 4. The maximum absolute atomic E-state index is 13.3. The van der Waals surface area contributed by atoms with Crippen LogP contribution in [0.15, 0.2) is 18.2 Å². The Morgan fingerprint density at radius 2 is 2.18 bits per heavy atom. The fourth-order valence-corrected chi connectivity index (χ4v) is 3.22. The molecule has 1 unspecified atom stereocenters. The van der Waals surface area contributed by atoms with E-state index < -0.39 is 17.9 Å². The van der Waals surface area contributed by atoms with Crippen molar-refractivity contribution >= 4 is 33.3 Å². The van der Waals surface area contributed by atoms with Gasteiger partial charge < -0.3 is 15.2 Å². The summed E-state index contributed by atoms with van der Waals surface area (Å²) in [5, 5.41) is 12.3. The Morgan fingerprint density at radius 1 is 1.45 bits per heavy atom. The highest BCUT2D eigenvalue weighted by molar-refractivity contribution is 7.21. The van der Waals surface area contributed by atoms with Crippen molar-refractivity contribution in [3.05, 3.63) is 34.5 Å². The number of fused-ring (bicyclic) bond motifs is 1. The third kappa shape index (κ3) is 3.42. The fourth-order valence-electron chi connectivity index (χ4n) is 2.13. The van der Waals surface area contributed by atoms with Crippen molar-refractivity contribution in [2.75, 3.05) is 13.7 Å². The number of benzene rings is 1. The molecule has 7 heteroatoms. The van der Waals surface area contributed by atoms with Gasteiger partial charge in [0.25, 0.3) is 5.91 Å². The van der Waals surface area contributed by atoms with E-state index in [1.54, 1.807) is 13.0 Å². The van der Waals surface area contributed by atoms with Gasteiger partial charge in [-0.05, 0) is 36.1 Å². The van der Waals surface area contributed by atoms with Crippen LogP contribution in [0.25, 0.3) is 10.1 Å². The normalized spacial score (nSPS) is 12.3. The Labute approximate surface area is 130 Å². The Morgan fingerprint density at radius 3 is 2.82 bits per heavy atom. The number of rotatable bonds is 6. The number of carbonyl (C=O) groups excluding carboxylic acids is 1. The van der Waals surface area contributed by atoms with Crippen LogP contribution in [0.3, 0.4) is 0 Å². The van der Waals surface area contributed by atoms with E-state index in [1.807, 2.05) is 0 Å². The van der Waals surface area contributed by atoms with Crippen LogP contribution in [0.5, 0.6) is 0 Å². The molecule has 1 heterocycles. The van der Waals surface area contributed by atoms with Crippen molar-refractivity contribution in [3.8, 4) is 0 Å². The van der Waals surface area contributed by atoms with E-state index >= 15 is 0 Å². The Bertz CT molecular complexity index is 713. The molecule has 1 amide bonds. The summed E-state index contributed by atoms with van der Waals surface area (Å²) in [6.45, 7) is 1.95. The summed E-state index contributed by atoms with van der Waals surface area (Å²) in [5.74, 6) is -1.96. The summed E-state index contributed by atoms with van der Waals surface area (Å²) in [5.41, 5.74) is 0.646. The van der Waals surface area contributed by atoms with Crippen molar-refractivity contribution < 1.29 is 23.8 Å². The second-order valence-corrected chi connectivity index (χ2v) is 5.89. The molecule has 1 atom stereocenters. The highest BCUT2D eigenvalue weighted by atomic mass is 32.1. The number of aryl methyl sites for hydroxylation is 1. The summed E-state index contributed by atoms with van der Waals surface area (Å²) >= 11 is 1.22. The highest BCUT2D eigenvalue weighted by Crippen LogP contribution is 2.31. The molecule has 2 rings (SSSR count). The second kappa shape index (κ2) is 6.85. The highest BCUT2D eigenvalue weighted by Gasteiger charge is 2.23. The molecule has 0 radical (unpaired) electrons. The lowest BCUT2D eigenvalue weighted by Crippen LogP contribution is -2.41. The number of halogens is 1. The molecule has 0 bridgehead atoms.